The first-order chi connectivity index (χ1) is 11.0. The predicted octanol–water partition coefficient (Wildman–Crippen LogP) is 3.27. The van der Waals surface area contributed by atoms with E-state index in [2.05, 4.69) is 5.32 Å². The van der Waals surface area contributed by atoms with Gasteiger partial charge in [0.2, 0.25) is 5.91 Å². The molecule has 23 heavy (non-hydrogen) atoms. The summed E-state index contributed by atoms with van der Waals surface area (Å²) in [6, 6.07) is 14.4. The Balaban J connectivity index is 2.09. The highest BCUT2D eigenvalue weighted by atomic mass is 19.1. The maximum Gasteiger partial charge on any atom is 0.227 e. The summed E-state index contributed by atoms with van der Waals surface area (Å²) in [6.07, 6.45) is 0. The van der Waals surface area contributed by atoms with E-state index in [1.165, 1.54) is 6.07 Å². The molecule has 1 N–H and O–H groups in total. The van der Waals surface area contributed by atoms with Gasteiger partial charge in [-0.2, -0.15) is 0 Å². The van der Waals surface area contributed by atoms with Crippen molar-refractivity contribution < 1.29 is 9.18 Å². The van der Waals surface area contributed by atoms with Gasteiger partial charge in [-0.3, -0.25) is 4.79 Å². The van der Waals surface area contributed by atoms with E-state index in [0.717, 1.165) is 12.1 Å². The van der Waals surface area contributed by atoms with Crippen molar-refractivity contribution in [3.63, 3.8) is 0 Å². The molecule has 3 nitrogen and oxygen atoms in total. The lowest BCUT2D eigenvalue weighted by Crippen LogP contribution is -2.33. The zero-order valence-electron chi connectivity index (χ0n) is 13.8. The fourth-order valence-electron chi connectivity index (χ4n) is 2.36. The van der Waals surface area contributed by atoms with E-state index in [1.807, 2.05) is 55.4 Å². The zero-order chi connectivity index (χ0) is 16.8. The van der Waals surface area contributed by atoms with Crippen LogP contribution in [-0.2, 0) is 4.79 Å². The number of benzene rings is 2. The average Bonchev–Trinajstić information content (AvgIpc) is 2.54. The number of likely N-dealkylation sites (N-methyl/N-ethyl adjacent to an activating group) is 1. The second kappa shape index (κ2) is 7.88. The van der Waals surface area contributed by atoms with Crippen LogP contribution in [0.3, 0.4) is 0 Å². The quantitative estimate of drug-likeness (QED) is 0.887. The molecule has 2 rings (SSSR count). The molecule has 0 saturated carbocycles. The van der Waals surface area contributed by atoms with Crippen LogP contribution in [0.2, 0.25) is 0 Å². The molecule has 0 fully saturated rings. The average molecular weight is 314 g/mol. The van der Waals surface area contributed by atoms with Crippen molar-refractivity contribution in [1.82, 2.24) is 10.2 Å². The van der Waals surface area contributed by atoms with E-state index in [4.69, 9.17) is 0 Å². The summed E-state index contributed by atoms with van der Waals surface area (Å²) in [6.45, 7) is 3.16. The molecule has 122 valence electrons. The van der Waals surface area contributed by atoms with E-state index in [1.54, 1.807) is 13.0 Å². The van der Waals surface area contributed by atoms with Gasteiger partial charge in [0.15, 0.2) is 0 Å². The largest absolute Gasteiger partial charge is 0.354 e. The summed E-state index contributed by atoms with van der Waals surface area (Å²) in [5, 5.41) is 2.87. The Morgan fingerprint density at radius 2 is 1.87 bits per heavy atom. The lowest BCUT2D eigenvalue weighted by molar-refractivity contribution is -0.122. The molecule has 0 radical (unpaired) electrons. The highest BCUT2D eigenvalue weighted by molar-refractivity contribution is 5.83. The normalized spacial score (nSPS) is 12.2. The Labute approximate surface area is 137 Å². The van der Waals surface area contributed by atoms with Gasteiger partial charge in [-0.1, -0.05) is 42.5 Å². The first kappa shape index (κ1) is 17.2. The fourth-order valence-corrected chi connectivity index (χ4v) is 2.36. The van der Waals surface area contributed by atoms with Gasteiger partial charge in [0.1, 0.15) is 5.82 Å². The van der Waals surface area contributed by atoms with Crippen molar-refractivity contribution in [2.75, 3.05) is 27.2 Å². The van der Waals surface area contributed by atoms with Crippen LogP contribution in [0.15, 0.2) is 48.5 Å². The first-order valence-corrected chi connectivity index (χ1v) is 7.76. The molecule has 0 spiro atoms. The Bertz CT molecular complexity index is 656. The molecule has 1 atom stereocenters. The second-order valence-electron chi connectivity index (χ2n) is 5.92. The molecule has 0 saturated heterocycles. The number of carbonyl (C=O) groups excluding carboxylic acids is 1. The van der Waals surface area contributed by atoms with Gasteiger partial charge in [0, 0.05) is 18.7 Å². The lowest BCUT2D eigenvalue weighted by Gasteiger charge is -2.15. The molecular weight excluding hydrogens is 291 g/mol. The van der Waals surface area contributed by atoms with Gasteiger partial charge in [-0.05, 0) is 38.2 Å². The van der Waals surface area contributed by atoms with Crippen LogP contribution < -0.4 is 5.32 Å². The Kier molecular flexibility index (Phi) is 5.88. The third kappa shape index (κ3) is 4.63. The fraction of sp³-hybridized carbons (Fsp3) is 0.316. The molecular formula is C19H23FN2O. The van der Waals surface area contributed by atoms with Gasteiger partial charge in [0.05, 0.1) is 5.92 Å². The number of rotatable bonds is 6. The van der Waals surface area contributed by atoms with Gasteiger partial charge in [-0.15, -0.1) is 0 Å². The molecule has 0 unspecified atom stereocenters. The standard InChI is InChI=1S/C19H23FN2O/c1-14(19(23)21-11-12-22(2)3)16-9-10-17(18(20)13-16)15-7-5-4-6-8-15/h4-10,13-14H,11-12H2,1-3H3,(H,21,23)/t14-/m1/s1. The van der Waals surface area contributed by atoms with Crippen molar-refractivity contribution in [1.29, 1.82) is 0 Å². The van der Waals surface area contributed by atoms with Crippen LogP contribution in [0.25, 0.3) is 11.1 Å². The molecule has 4 heteroatoms. The molecule has 0 aliphatic carbocycles. The topological polar surface area (TPSA) is 32.3 Å². The maximum atomic E-state index is 14.4. The predicted molar refractivity (Wildman–Crippen MR) is 91.8 cm³/mol. The van der Waals surface area contributed by atoms with Crippen LogP contribution in [0.4, 0.5) is 4.39 Å². The van der Waals surface area contributed by atoms with Crippen molar-refractivity contribution in [3.8, 4) is 11.1 Å². The summed E-state index contributed by atoms with van der Waals surface area (Å²) in [7, 11) is 3.90. The third-order valence-corrected chi connectivity index (χ3v) is 3.83. The van der Waals surface area contributed by atoms with Gasteiger partial charge < -0.3 is 10.2 Å². The van der Waals surface area contributed by atoms with Crippen LogP contribution in [0.5, 0.6) is 0 Å². The number of hydrogen-bond donors (Lipinski definition) is 1. The minimum Gasteiger partial charge on any atom is -0.354 e. The maximum absolute atomic E-state index is 14.4. The molecule has 0 aliphatic rings. The van der Waals surface area contributed by atoms with E-state index in [9.17, 15) is 9.18 Å². The summed E-state index contributed by atoms with van der Waals surface area (Å²) in [5.74, 6) is -0.767. The number of halogens is 1. The molecule has 2 aromatic carbocycles. The Hall–Kier alpha value is -2.20. The van der Waals surface area contributed by atoms with Gasteiger partial charge in [-0.25, -0.2) is 4.39 Å². The Morgan fingerprint density at radius 1 is 1.17 bits per heavy atom. The minimum atomic E-state index is -0.378. The van der Waals surface area contributed by atoms with Crippen molar-refractivity contribution in [2.45, 2.75) is 12.8 Å². The third-order valence-electron chi connectivity index (χ3n) is 3.83. The van der Waals surface area contributed by atoms with Crippen LogP contribution in [-0.4, -0.2) is 38.0 Å². The number of nitrogens with one attached hydrogen (secondary N) is 1. The highest BCUT2D eigenvalue weighted by Crippen LogP contribution is 2.26. The SMILES string of the molecule is C[C@@H](C(=O)NCCN(C)C)c1ccc(-c2ccccc2)c(F)c1. The summed E-state index contributed by atoms with van der Waals surface area (Å²) in [5.41, 5.74) is 2.07. The van der Waals surface area contributed by atoms with E-state index in [-0.39, 0.29) is 17.6 Å². The number of hydrogen-bond acceptors (Lipinski definition) is 2. The number of amides is 1. The van der Waals surface area contributed by atoms with Gasteiger partial charge in [0.25, 0.3) is 0 Å². The smallest absolute Gasteiger partial charge is 0.227 e. The number of carbonyl (C=O) groups is 1. The van der Waals surface area contributed by atoms with Crippen molar-refractivity contribution in [3.05, 3.63) is 59.9 Å². The minimum absolute atomic E-state index is 0.0845. The first-order valence-electron chi connectivity index (χ1n) is 7.76. The highest BCUT2D eigenvalue weighted by Gasteiger charge is 2.16. The molecule has 0 bridgehead atoms. The summed E-state index contributed by atoms with van der Waals surface area (Å²) < 4.78 is 14.4. The van der Waals surface area contributed by atoms with Gasteiger partial charge >= 0.3 is 0 Å². The van der Waals surface area contributed by atoms with E-state index in [0.29, 0.717) is 17.7 Å². The van der Waals surface area contributed by atoms with Crippen LogP contribution >= 0.6 is 0 Å². The van der Waals surface area contributed by atoms with Crippen LogP contribution in [0.1, 0.15) is 18.4 Å². The summed E-state index contributed by atoms with van der Waals surface area (Å²) in [4.78, 5) is 14.1. The molecule has 0 aliphatic heterocycles. The Morgan fingerprint density at radius 3 is 2.48 bits per heavy atom. The van der Waals surface area contributed by atoms with Crippen LogP contribution in [0, 0.1) is 5.82 Å². The second-order valence-corrected chi connectivity index (χ2v) is 5.92. The number of nitrogens with zero attached hydrogens (tertiary/aromatic N) is 1. The zero-order valence-corrected chi connectivity index (χ0v) is 13.8. The molecule has 1 amide bonds. The van der Waals surface area contributed by atoms with Crippen molar-refractivity contribution >= 4 is 5.91 Å². The molecule has 0 aromatic heterocycles. The van der Waals surface area contributed by atoms with Crippen molar-refractivity contribution in [2.24, 2.45) is 0 Å². The van der Waals surface area contributed by atoms with E-state index >= 15 is 0 Å². The summed E-state index contributed by atoms with van der Waals surface area (Å²) >= 11 is 0. The lowest BCUT2D eigenvalue weighted by atomic mass is 9.96. The van der Waals surface area contributed by atoms with E-state index < -0.39 is 0 Å². The molecule has 2 aromatic rings. The molecule has 0 heterocycles. The monoisotopic (exact) mass is 314 g/mol.